The Morgan fingerprint density at radius 3 is 2.25 bits per heavy atom. The Balaban J connectivity index is 3.39. The Hall–Kier alpha value is -1.31. The molecule has 0 radical (unpaired) electrons. The van der Waals surface area contributed by atoms with Crippen LogP contribution >= 0.6 is 23.2 Å². The summed E-state index contributed by atoms with van der Waals surface area (Å²) < 4.78 is 24.2. The normalized spacial score (nSPS) is 11.2. The van der Waals surface area contributed by atoms with E-state index in [1.807, 2.05) is 0 Å². The average molecular weight is 340 g/mol. The first-order chi connectivity index (χ1) is 9.06. The van der Waals surface area contributed by atoms with Crippen molar-refractivity contribution in [2.45, 2.75) is 4.90 Å². The van der Waals surface area contributed by atoms with E-state index in [1.54, 1.807) is 0 Å². The summed E-state index contributed by atoms with van der Waals surface area (Å²) >= 11 is 11.5. The summed E-state index contributed by atoms with van der Waals surface area (Å²) in [4.78, 5) is 23.1. The summed E-state index contributed by atoms with van der Waals surface area (Å²) in [6, 6.07) is 2.06. The summed E-state index contributed by atoms with van der Waals surface area (Å²) in [6.07, 6.45) is 0. The molecule has 1 amide bonds. The lowest BCUT2D eigenvalue weighted by Gasteiger charge is -2.12. The molecule has 1 aromatic rings. The number of benzene rings is 1. The third-order valence-corrected chi connectivity index (χ3v) is 4.74. The lowest BCUT2D eigenvalue weighted by atomic mass is 10.2. The molecule has 0 aliphatic heterocycles. The second kappa shape index (κ2) is 5.99. The molecular weight excluding hydrogens is 329 g/mol. The van der Waals surface area contributed by atoms with Crippen LogP contribution in [0.3, 0.4) is 0 Å². The molecule has 0 aromatic heterocycles. The van der Waals surface area contributed by atoms with Gasteiger partial charge in [0.15, 0.2) is 9.84 Å². The molecule has 0 bridgehead atoms. The Kier molecular flexibility index (Phi) is 5.01. The highest BCUT2D eigenvalue weighted by Gasteiger charge is 2.26. The Labute approximate surface area is 125 Å². The molecular formula is C11H11Cl2NO5S. The second-order valence-corrected chi connectivity index (χ2v) is 6.89. The fraction of sp³-hybridized carbons (Fsp3) is 0.273. The van der Waals surface area contributed by atoms with Gasteiger partial charge in [-0.15, -0.1) is 0 Å². The number of hydrogen-bond donors (Lipinski definition) is 1. The monoisotopic (exact) mass is 339 g/mol. The van der Waals surface area contributed by atoms with Gasteiger partial charge < -0.3 is 10.0 Å². The number of amides is 1. The predicted octanol–water partition coefficient (Wildman–Crippen LogP) is 1.55. The molecule has 0 saturated heterocycles. The summed E-state index contributed by atoms with van der Waals surface area (Å²) in [5.41, 5.74) is -0.435. The van der Waals surface area contributed by atoms with E-state index in [9.17, 15) is 18.0 Å². The van der Waals surface area contributed by atoms with Crippen LogP contribution in [-0.2, 0) is 14.6 Å². The van der Waals surface area contributed by atoms with E-state index in [1.165, 1.54) is 14.1 Å². The van der Waals surface area contributed by atoms with Crippen LogP contribution in [0.25, 0.3) is 0 Å². The molecule has 9 heteroatoms. The van der Waals surface area contributed by atoms with Crippen molar-refractivity contribution in [1.82, 2.24) is 4.90 Å². The van der Waals surface area contributed by atoms with E-state index in [2.05, 4.69) is 0 Å². The maximum absolute atomic E-state index is 12.1. The van der Waals surface area contributed by atoms with Gasteiger partial charge in [-0.1, -0.05) is 23.2 Å². The van der Waals surface area contributed by atoms with Crippen LogP contribution in [0.2, 0.25) is 10.0 Å². The van der Waals surface area contributed by atoms with Crippen LogP contribution in [0.5, 0.6) is 0 Å². The van der Waals surface area contributed by atoms with Crippen molar-refractivity contribution in [2.75, 3.05) is 19.8 Å². The smallest absolute Gasteiger partial charge is 0.337 e. The summed E-state index contributed by atoms with van der Waals surface area (Å²) in [5, 5.41) is 8.38. The number of aromatic carboxylic acids is 1. The van der Waals surface area contributed by atoms with Gasteiger partial charge >= 0.3 is 5.97 Å². The van der Waals surface area contributed by atoms with Gasteiger partial charge in [0.2, 0.25) is 5.91 Å². The number of halogens is 2. The van der Waals surface area contributed by atoms with E-state index in [0.29, 0.717) is 0 Å². The minimum Gasteiger partial charge on any atom is -0.478 e. The summed E-state index contributed by atoms with van der Waals surface area (Å²) in [5.74, 6) is -2.88. The third kappa shape index (κ3) is 3.62. The molecule has 0 atom stereocenters. The van der Waals surface area contributed by atoms with Gasteiger partial charge in [0, 0.05) is 19.1 Å². The minimum absolute atomic E-state index is 0.0947. The number of nitrogens with zero attached hydrogens (tertiary/aromatic N) is 1. The number of carbonyl (C=O) groups is 2. The lowest BCUT2D eigenvalue weighted by Crippen LogP contribution is -2.29. The molecule has 6 nitrogen and oxygen atoms in total. The molecule has 0 aliphatic rings. The zero-order chi connectivity index (χ0) is 15.7. The predicted molar refractivity (Wildman–Crippen MR) is 74.2 cm³/mol. The van der Waals surface area contributed by atoms with Gasteiger partial charge in [-0.25, -0.2) is 13.2 Å². The highest BCUT2D eigenvalue weighted by molar-refractivity contribution is 7.92. The second-order valence-electron chi connectivity index (χ2n) is 4.12. The first kappa shape index (κ1) is 16.7. The Morgan fingerprint density at radius 1 is 1.25 bits per heavy atom. The van der Waals surface area contributed by atoms with Gasteiger partial charge in [0.05, 0.1) is 15.5 Å². The average Bonchev–Trinajstić information content (AvgIpc) is 2.30. The number of rotatable bonds is 4. The van der Waals surface area contributed by atoms with Crippen molar-refractivity contribution in [1.29, 1.82) is 0 Å². The van der Waals surface area contributed by atoms with Crippen LogP contribution in [0.15, 0.2) is 17.0 Å². The largest absolute Gasteiger partial charge is 0.478 e. The van der Waals surface area contributed by atoms with Crippen LogP contribution in [0.1, 0.15) is 10.4 Å². The first-order valence-electron chi connectivity index (χ1n) is 5.21. The van der Waals surface area contributed by atoms with Gasteiger partial charge in [0.25, 0.3) is 0 Å². The zero-order valence-electron chi connectivity index (χ0n) is 10.6. The Bertz CT molecular complexity index is 670. The number of carbonyl (C=O) groups excluding carboxylic acids is 1. The molecule has 1 rings (SSSR count). The van der Waals surface area contributed by atoms with E-state index in [-0.39, 0.29) is 5.02 Å². The third-order valence-electron chi connectivity index (χ3n) is 2.38. The quantitative estimate of drug-likeness (QED) is 0.898. The topological polar surface area (TPSA) is 91.8 Å². The molecule has 0 aliphatic carbocycles. The van der Waals surface area contributed by atoms with Crippen molar-refractivity contribution < 1.29 is 23.1 Å². The molecule has 1 aromatic carbocycles. The Morgan fingerprint density at radius 2 is 1.80 bits per heavy atom. The molecule has 110 valence electrons. The molecule has 1 N–H and O–H groups in total. The van der Waals surface area contributed by atoms with E-state index in [4.69, 9.17) is 28.3 Å². The minimum atomic E-state index is -4.08. The number of sulfone groups is 1. The van der Waals surface area contributed by atoms with E-state index in [0.717, 1.165) is 17.0 Å². The fourth-order valence-corrected chi connectivity index (χ4v) is 3.57. The molecule has 20 heavy (non-hydrogen) atoms. The van der Waals surface area contributed by atoms with Crippen molar-refractivity contribution >= 4 is 44.9 Å². The summed E-state index contributed by atoms with van der Waals surface area (Å²) in [7, 11) is -1.28. The first-order valence-corrected chi connectivity index (χ1v) is 7.62. The molecule has 0 saturated carbocycles. The highest BCUT2D eigenvalue weighted by Crippen LogP contribution is 2.30. The standard InChI is InChI=1S/C11H11Cl2NO5S/c1-14(2)9(15)5-20(18,19)8-4-6(12)3-7(10(8)13)11(16)17/h3-4H,5H2,1-2H3,(H,16,17). The zero-order valence-corrected chi connectivity index (χ0v) is 12.9. The van der Waals surface area contributed by atoms with E-state index >= 15 is 0 Å². The SMILES string of the molecule is CN(C)C(=O)CS(=O)(=O)c1cc(Cl)cc(C(=O)O)c1Cl. The maximum Gasteiger partial charge on any atom is 0.337 e. The van der Waals surface area contributed by atoms with Crippen LogP contribution in [-0.4, -0.2) is 50.1 Å². The van der Waals surface area contributed by atoms with E-state index < -0.39 is 42.9 Å². The van der Waals surface area contributed by atoms with Crippen LogP contribution < -0.4 is 0 Å². The van der Waals surface area contributed by atoms with Gasteiger partial charge in [0.1, 0.15) is 5.75 Å². The highest BCUT2D eigenvalue weighted by atomic mass is 35.5. The van der Waals surface area contributed by atoms with Crippen molar-refractivity contribution in [3.8, 4) is 0 Å². The number of carboxylic acids is 1. The van der Waals surface area contributed by atoms with Crippen LogP contribution in [0.4, 0.5) is 0 Å². The maximum atomic E-state index is 12.1. The molecule has 0 unspecified atom stereocenters. The molecule has 0 heterocycles. The van der Waals surface area contributed by atoms with Gasteiger partial charge in [-0.2, -0.15) is 0 Å². The number of carboxylic acid groups (broad SMARTS) is 1. The molecule has 0 spiro atoms. The van der Waals surface area contributed by atoms with Crippen LogP contribution in [0, 0.1) is 0 Å². The summed E-state index contributed by atoms with van der Waals surface area (Å²) in [6.45, 7) is 0. The van der Waals surface area contributed by atoms with Gasteiger partial charge in [-0.05, 0) is 12.1 Å². The van der Waals surface area contributed by atoms with Crippen molar-refractivity contribution in [2.24, 2.45) is 0 Å². The lowest BCUT2D eigenvalue weighted by molar-refractivity contribution is -0.125. The molecule has 0 fully saturated rings. The van der Waals surface area contributed by atoms with Crippen molar-refractivity contribution in [3.63, 3.8) is 0 Å². The van der Waals surface area contributed by atoms with Crippen molar-refractivity contribution in [3.05, 3.63) is 27.7 Å². The van der Waals surface area contributed by atoms with Gasteiger partial charge in [-0.3, -0.25) is 4.79 Å². The number of hydrogen-bond acceptors (Lipinski definition) is 4. The fourth-order valence-electron chi connectivity index (χ4n) is 1.32.